The molecule has 0 amide bonds. The molecule has 1 aliphatic carbocycles. The quantitative estimate of drug-likeness (QED) is 0.734. The van der Waals surface area contributed by atoms with E-state index in [-0.39, 0.29) is 0 Å². The maximum absolute atomic E-state index is 5.42. The Morgan fingerprint density at radius 3 is 3.06 bits per heavy atom. The molecule has 1 aromatic heterocycles. The van der Waals surface area contributed by atoms with Crippen LogP contribution in [-0.2, 0) is 11.3 Å². The largest absolute Gasteiger partial charge is 0.379 e. The summed E-state index contributed by atoms with van der Waals surface area (Å²) in [4.78, 5) is 2.38. The van der Waals surface area contributed by atoms with Crippen LogP contribution >= 0.6 is 0 Å². The monoisotopic (exact) mass is 223 g/mol. The second-order valence-electron chi connectivity index (χ2n) is 4.67. The van der Waals surface area contributed by atoms with Crippen LogP contribution in [0.4, 0.5) is 0 Å². The molecule has 6 nitrogen and oxygen atoms in total. The second kappa shape index (κ2) is 4.10. The van der Waals surface area contributed by atoms with Crippen molar-refractivity contribution in [2.75, 3.05) is 19.8 Å². The summed E-state index contributed by atoms with van der Waals surface area (Å²) < 4.78 is 7.41. The number of tetrazole rings is 1. The topological polar surface area (TPSA) is 56.1 Å². The molecule has 2 aliphatic rings. The number of morpholine rings is 1. The van der Waals surface area contributed by atoms with Crippen LogP contribution < -0.4 is 0 Å². The molecular weight excluding hydrogens is 206 g/mol. The predicted octanol–water partition coefficient (Wildman–Crippen LogP) is 0.229. The summed E-state index contributed by atoms with van der Waals surface area (Å²) in [6, 6.07) is 1.01. The van der Waals surface area contributed by atoms with Crippen molar-refractivity contribution in [1.29, 1.82) is 0 Å². The summed E-state index contributed by atoms with van der Waals surface area (Å²) in [7, 11) is 0. The van der Waals surface area contributed by atoms with Crippen LogP contribution in [0.1, 0.15) is 31.6 Å². The van der Waals surface area contributed by atoms with E-state index in [0.29, 0.717) is 12.1 Å². The van der Waals surface area contributed by atoms with Crippen LogP contribution in [-0.4, -0.2) is 50.9 Å². The summed E-state index contributed by atoms with van der Waals surface area (Å²) in [5.41, 5.74) is 0. The van der Waals surface area contributed by atoms with Crippen molar-refractivity contribution in [2.24, 2.45) is 0 Å². The van der Waals surface area contributed by atoms with Gasteiger partial charge in [-0.15, -0.1) is 5.10 Å². The van der Waals surface area contributed by atoms with Crippen LogP contribution in [0.2, 0.25) is 0 Å². The highest BCUT2D eigenvalue weighted by Gasteiger charge is 2.29. The minimum atomic E-state index is 0.457. The van der Waals surface area contributed by atoms with E-state index < -0.39 is 0 Å². The average Bonchev–Trinajstić information content (AvgIpc) is 3.03. The first-order valence-corrected chi connectivity index (χ1v) is 5.93. The Labute approximate surface area is 94.6 Å². The van der Waals surface area contributed by atoms with E-state index >= 15 is 0 Å². The Morgan fingerprint density at radius 1 is 1.44 bits per heavy atom. The van der Waals surface area contributed by atoms with Gasteiger partial charge in [-0.1, -0.05) is 0 Å². The molecule has 1 atom stereocenters. The van der Waals surface area contributed by atoms with E-state index in [4.69, 9.17) is 4.74 Å². The summed E-state index contributed by atoms with van der Waals surface area (Å²) >= 11 is 0. The standard InChI is InChI=1S/C10H17N5O/c1-8-7-16-5-4-14(8)6-10-11-12-13-15(10)9-2-3-9/h8-9H,2-7H2,1H3/t8-/m1/s1. The zero-order chi connectivity index (χ0) is 11.0. The number of rotatable bonds is 3. The van der Waals surface area contributed by atoms with Crippen LogP contribution in [0, 0.1) is 0 Å². The summed E-state index contributed by atoms with van der Waals surface area (Å²) in [5, 5.41) is 12.0. The third kappa shape index (κ3) is 1.94. The van der Waals surface area contributed by atoms with Gasteiger partial charge in [-0.2, -0.15) is 0 Å². The normalized spacial score (nSPS) is 27.2. The van der Waals surface area contributed by atoms with Gasteiger partial charge >= 0.3 is 0 Å². The first-order valence-electron chi connectivity index (χ1n) is 5.93. The van der Waals surface area contributed by atoms with Crippen molar-refractivity contribution in [2.45, 2.75) is 38.4 Å². The van der Waals surface area contributed by atoms with Crippen molar-refractivity contribution in [3.63, 3.8) is 0 Å². The minimum absolute atomic E-state index is 0.457. The predicted molar refractivity (Wildman–Crippen MR) is 56.8 cm³/mol. The van der Waals surface area contributed by atoms with Gasteiger partial charge < -0.3 is 4.74 Å². The fourth-order valence-corrected chi connectivity index (χ4v) is 2.10. The summed E-state index contributed by atoms with van der Waals surface area (Å²) in [6.45, 7) is 5.62. The lowest BCUT2D eigenvalue weighted by Gasteiger charge is -2.32. The Kier molecular flexibility index (Phi) is 2.61. The number of ether oxygens (including phenoxy) is 1. The van der Waals surface area contributed by atoms with Crippen molar-refractivity contribution in [3.8, 4) is 0 Å². The zero-order valence-electron chi connectivity index (χ0n) is 9.54. The van der Waals surface area contributed by atoms with Gasteiger partial charge in [0.2, 0.25) is 0 Å². The van der Waals surface area contributed by atoms with Gasteiger partial charge in [0, 0.05) is 12.6 Å². The second-order valence-corrected chi connectivity index (χ2v) is 4.67. The molecule has 0 aromatic carbocycles. The van der Waals surface area contributed by atoms with Crippen molar-refractivity contribution in [1.82, 2.24) is 25.1 Å². The molecule has 1 saturated carbocycles. The molecule has 1 aliphatic heterocycles. The molecular formula is C10H17N5O. The average molecular weight is 223 g/mol. The van der Waals surface area contributed by atoms with E-state index in [1.807, 2.05) is 4.68 Å². The number of hydrogen-bond donors (Lipinski definition) is 0. The first kappa shape index (κ1) is 10.2. The maximum Gasteiger partial charge on any atom is 0.165 e. The van der Waals surface area contributed by atoms with Gasteiger partial charge in [-0.05, 0) is 30.2 Å². The Hall–Kier alpha value is -1.01. The van der Waals surface area contributed by atoms with Crippen LogP contribution in [0.25, 0.3) is 0 Å². The molecule has 2 fully saturated rings. The number of nitrogens with zero attached hydrogens (tertiary/aromatic N) is 5. The third-order valence-electron chi connectivity index (χ3n) is 3.30. The van der Waals surface area contributed by atoms with E-state index in [9.17, 15) is 0 Å². The molecule has 0 spiro atoms. The molecule has 16 heavy (non-hydrogen) atoms. The number of aromatic nitrogens is 4. The third-order valence-corrected chi connectivity index (χ3v) is 3.30. The fraction of sp³-hybridized carbons (Fsp3) is 0.900. The van der Waals surface area contributed by atoms with Gasteiger partial charge in [-0.25, -0.2) is 4.68 Å². The van der Waals surface area contributed by atoms with E-state index in [1.165, 1.54) is 12.8 Å². The summed E-state index contributed by atoms with van der Waals surface area (Å²) in [6.07, 6.45) is 2.44. The van der Waals surface area contributed by atoms with E-state index in [2.05, 4.69) is 27.3 Å². The van der Waals surface area contributed by atoms with Crippen molar-refractivity contribution in [3.05, 3.63) is 5.82 Å². The number of hydrogen-bond acceptors (Lipinski definition) is 5. The highest BCUT2D eigenvalue weighted by Crippen LogP contribution is 2.34. The molecule has 6 heteroatoms. The van der Waals surface area contributed by atoms with Crippen LogP contribution in [0.3, 0.4) is 0 Å². The molecule has 2 heterocycles. The van der Waals surface area contributed by atoms with Gasteiger partial charge in [0.25, 0.3) is 0 Å². The van der Waals surface area contributed by atoms with E-state index in [1.54, 1.807) is 0 Å². The summed E-state index contributed by atoms with van der Waals surface area (Å²) in [5.74, 6) is 0.997. The minimum Gasteiger partial charge on any atom is -0.379 e. The van der Waals surface area contributed by atoms with Crippen molar-refractivity contribution >= 4 is 0 Å². The highest BCUT2D eigenvalue weighted by molar-refractivity contribution is 4.91. The smallest absolute Gasteiger partial charge is 0.165 e. The Bertz CT molecular complexity index is 362. The van der Waals surface area contributed by atoms with Crippen LogP contribution in [0.5, 0.6) is 0 Å². The van der Waals surface area contributed by atoms with Gasteiger partial charge in [0.15, 0.2) is 5.82 Å². The SMILES string of the molecule is C[C@@H]1COCCN1Cc1nnnn1C1CC1. The maximum atomic E-state index is 5.42. The first-order chi connectivity index (χ1) is 7.84. The fourth-order valence-electron chi connectivity index (χ4n) is 2.10. The van der Waals surface area contributed by atoms with Gasteiger partial charge in [0.1, 0.15) is 0 Å². The van der Waals surface area contributed by atoms with Gasteiger partial charge in [-0.3, -0.25) is 4.90 Å². The van der Waals surface area contributed by atoms with Crippen LogP contribution in [0.15, 0.2) is 0 Å². The van der Waals surface area contributed by atoms with Gasteiger partial charge in [0.05, 0.1) is 25.8 Å². The molecule has 0 radical (unpaired) electrons. The Balaban J connectivity index is 1.70. The molecule has 88 valence electrons. The Morgan fingerprint density at radius 2 is 2.31 bits per heavy atom. The zero-order valence-corrected chi connectivity index (χ0v) is 9.54. The molecule has 1 aromatic rings. The lowest BCUT2D eigenvalue weighted by atomic mass is 10.2. The molecule has 1 saturated heterocycles. The lowest BCUT2D eigenvalue weighted by molar-refractivity contribution is -0.00610. The molecule has 0 N–H and O–H groups in total. The molecule has 3 rings (SSSR count). The highest BCUT2D eigenvalue weighted by atomic mass is 16.5. The van der Waals surface area contributed by atoms with E-state index in [0.717, 1.165) is 32.1 Å². The lowest BCUT2D eigenvalue weighted by Crippen LogP contribution is -2.43. The molecule has 0 bridgehead atoms. The van der Waals surface area contributed by atoms with Crippen molar-refractivity contribution < 1.29 is 4.74 Å². The molecule has 0 unspecified atom stereocenters.